The Labute approximate surface area is 168 Å². The average Bonchev–Trinajstić information content (AvgIpc) is 2.53. The van der Waals surface area contributed by atoms with Gasteiger partial charge >= 0.3 is 0 Å². The van der Waals surface area contributed by atoms with Crippen molar-refractivity contribution in [1.82, 2.24) is 15.5 Å². The third-order valence-electron chi connectivity index (χ3n) is 4.30. The van der Waals surface area contributed by atoms with Gasteiger partial charge in [0.25, 0.3) is 0 Å². The summed E-state index contributed by atoms with van der Waals surface area (Å²) in [6, 6.07) is 8.07. The van der Waals surface area contributed by atoms with Crippen molar-refractivity contribution in [2.45, 2.75) is 32.7 Å². The van der Waals surface area contributed by atoms with Crippen molar-refractivity contribution in [3.8, 4) is 0 Å². The number of hydrogen-bond acceptors (Lipinski definition) is 2. The molecule has 0 spiro atoms. The van der Waals surface area contributed by atoms with Gasteiger partial charge in [-0.3, -0.25) is 4.99 Å². The lowest BCUT2D eigenvalue weighted by molar-refractivity contribution is 0.214. The minimum absolute atomic E-state index is 0. The van der Waals surface area contributed by atoms with Crippen LogP contribution in [0, 0.1) is 5.92 Å². The number of nitrogens with one attached hydrogen (secondary N) is 2. The number of likely N-dealkylation sites (tertiary alicyclic amines) is 1. The summed E-state index contributed by atoms with van der Waals surface area (Å²) in [5, 5.41) is 7.59. The summed E-state index contributed by atoms with van der Waals surface area (Å²) in [6.45, 7) is 8.28. The fourth-order valence-electron chi connectivity index (χ4n) is 3.07. The Hall–Kier alpha value is -0.530. The molecule has 1 aromatic rings. The first-order chi connectivity index (χ1) is 11.1. The second-order valence-electron chi connectivity index (χ2n) is 6.38. The Morgan fingerprint density at radius 3 is 2.83 bits per heavy atom. The van der Waals surface area contributed by atoms with Gasteiger partial charge in [0.2, 0.25) is 0 Å². The van der Waals surface area contributed by atoms with E-state index >= 15 is 0 Å². The molecular weight excluding hydrogens is 435 g/mol. The van der Waals surface area contributed by atoms with Gasteiger partial charge in [0, 0.05) is 24.7 Å². The summed E-state index contributed by atoms with van der Waals surface area (Å²) >= 11 is 6.29. The monoisotopic (exact) mass is 464 g/mol. The van der Waals surface area contributed by atoms with E-state index in [0.29, 0.717) is 5.92 Å². The summed E-state index contributed by atoms with van der Waals surface area (Å²) in [6.07, 6.45) is 2.55. The number of aliphatic imine (C=N–C) groups is 1. The zero-order valence-corrected chi connectivity index (χ0v) is 18.0. The first-order valence-corrected chi connectivity index (χ1v) is 8.95. The lowest BCUT2D eigenvalue weighted by Gasteiger charge is -2.29. The molecule has 1 aromatic carbocycles. The number of piperidine rings is 1. The van der Waals surface area contributed by atoms with Crippen LogP contribution >= 0.6 is 35.6 Å². The van der Waals surface area contributed by atoms with Crippen LogP contribution in [0.15, 0.2) is 29.3 Å². The number of rotatable bonds is 5. The smallest absolute Gasteiger partial charge is 0.191 e. The van der Waals surface area contributed by atoms with Crippen molar-refractivity contribution in [2.24, 2.45) is 10.9 Å². The zero-order chi connectivity index (χ0) is 16.7. The normalized spacial score (nSPS) is 20.2. The van der Waals surface area contributed by atoms with Gasteiger partial charge in [0.05, 0.1) is 6.04 Å². The summed E-state index contributed by atoms with van der Waals surface area (Å²) in [5.74, 6) is 1.52. The van der Waals surface area contributed by atoms with Crippen molar-refractivity contribution < 1.29 is 0 Å². The van der Waals surface area contributed by atoms with Crippen molar-refractivity contribution in [2.75, 3.05) is 33.2 Å². The van der Waals surface area contributed by atoms with Gasteiger partial charge in [-0.05, 0) is 57.8 Å². The molecule has 1 saturated heterocycles. The Kier molecular flexibility index (Phi) is 10.0. The fourth-order valence-corrected chi connectivity index (χ4v) is 3.37. The molecule has 0 aromatic heterocycles. The molecular formula is C18H30ClIN4. The van der Waals surface area contributed by atoms with Crippen LogP contribution in [-0.4, -0.2) is 44.1 Å². The fraction of sp³-hybridized carbons (Fsp3) is 0.611. The molecule has 2 rings (SSSR count). The third-order valence-corrected chi connectivity index (χ3v) is 4.64. The SMILES string of the molecule is CCNC(=NCC1CCCN(C)C1)NC(C)c1ccccc1Cl.I. The van der Waals surface area contributed by atoms with Crippen LogP contribution in [0.1, 0.15) is 38.3 Å². The van der Waals surface area contributed by atoms with Gasteiger partial charge in [0.15, 0.2) is 5.96 Å². The van der Waals surface area contributed by atoms with Crippen LogP contribution in [-0.2, 0) is 0 Å². The van der Waals surface area contributed by atoms with Crippen molar-refractivity contribution in [3.05, 3.63) is 34.9 Å². The highest BCUT2D eigenvalue weighted by molar-refractivity contribution is 14.0. The predicted octanol–water partition coefficient (Wildman–Crippen LogP) is 3.92. The molecule has 1 heterocycles. The van der Waals surface area contributed by atoms with E-state index in [9.17, 15) is 0 Å². The third kappa shape index (κ3) is 6.76. The van der Waals surface area contributed by atoms with Crippen LogP contribution in [0.4, 0.5) is 0 Å². The standard InChI is InChI=1S/C18H29ClN4.HI/c1-4-20-18(21-12-15-8-7-11-23(3)13-15)22-14(2)16-9-5-6-10-17(16)19;/h5-6,9-10,14-15H,4,7-8,11-13H2,1-3H3,(H2,20,21,22);1H. The zero-order valence-electron chi connectivity index (χ0n) is 14.9. The van der Waals surface area contributed by atoms with E-state index in [2.05, 4.69) is 42.5 Å². The Balaban J connectivity index is 0.00000288. The highest BCUT2D eigenvalue weighted by Crippen LogP contribution is 2.22. The van der Waals surface area contributed by atoms with E-state index < -0.39 is 0 Å². The topological polar surface area (TPSA) is 39.7 Å². The second-order valence-corrected chi connectivity index (χ2v) is 6.78. The van der Waals surface area contributed by atoms with Gasteiger partial charge < -0.3 is 15.5 Å². The molecule has 136 valence electrons. The van der Waals surface area contributed by atoms with E-state index in [1.807, 2.05) is 18.2 Å². The number of guanidine groups is 1. The molecule has 6 heteroatoms. The lowest BCUT2D eigenvalue weighted by Crippen LogP contribution is -2.40. The maximum Gasteiger partial charge on any atom is 0.191 e. The minimum Gasteiger partial charge on any atom is -0.357 e. The molecule has 24 heavy (non-hydrogen) atoms. The molecule has 0 radical (unpaired) electrons. The van der Waals surface area contributed by atoms with Crippen LogP contribution in [0.3, 0.4) is 0 Å². The average molecular weight is 465 g/mol. The molecule has 1 aliphatic heterocycles. The van der Waals surface area contributed by atoms with E-state index in [1.165, 1.54) is 19.4 Å². The van der Waals surface area contributed by atoms with Gasteiger partial charge in [-0.25, -0.2) is 0 Å². The molecule has 1 fully saturated rings. The van der Waals surface area contributed by atoms with E-state index in [-0.39, 0.29) is 30.0 Å². The van der Waals surface area contributed by atoms with Crippen LogP contribution in [0.25, 0.3) is 0 Å². The van der Waals surface area contributed by atoms with Gasteiger partial charge in [-0.15, -0.1) is 24.0 Å². The highest BCUT2D eigenvalue weighted by Gasteiger charge is 2.17. The summed E-state index contributed by atoms with van der Waals surface area (Å²) < 4.78 is 0. The molecule has 0 bridgehead atoms. The summed E-state index contributed by atoms with van der Waals surface area (Å²) in [4.78, 5) is 7.19. The second kappa shape index (κ2) is 11.2. The van der Waals surface area contributed by atoms with E-state index in [1.54, 1.807) is 0 Å². The molecule has 2 atom stereocenters. The predicted molar refractivity (Wildman–Crippen MR) is 115 cm³/mol. The number of benzene rings is 1. The first-order valence-electron chi connectivity index (χ1n) is 8.58. The first kappa shape index (κ1) is 21.5. The molecule has 0 amide bonds. The Bertz CT molecular complexity index is 523. The Morgan fingerprint density at radius 2 is 2.17 bits per heavy atom. The van der Waals surface area contributed by atoms with E-state index in [4.69, 9.17) is 16.6 Å². The Morgan fingerprint density at radius 1 is 1.42 bits per heavy atom. The highest BCUT2D eigenvalue weighted by atomic mass is 127. The van der Waals surface area contributed by atoms with Crippen molar-refractivity contribution in [3.63, 3.8) is 0 Å². The largest absolute Gasteiger partial charge is 0.357 e. The summed E-state index contributed by atoms with van der Waals surface area (Å²) in [7, 11) is 2.19. The summed E-state index contributed by atoms with van der Waals surface area (Å²) in [5.41, 5.74) is 1.09. The minimum atomic E-state index is 0. The molecule has 0 aliphatic carbocycles. The maximum atomic E-state index is 6.29. The van der Waals surface area contributed by atoms with Crippen molar-refractivity contribution >= 4 is 41.5 Å². The van der Waals surface area contributed by atoms with Gasteiger partial charge in [-0.1, -0.05) is 29.8 Å². The number of halogens is 2. The lowest BCUT2D eigenvalue weighted by atomic mass is 9.99. The van der Waals surface area contributed by atoms with Gasteiger partial charge in [-0.2, -0.15) is 0 Å². The maximum absolute atomic E-state index is 6.29. The molecule has 2 unspecified atom stereocenters. The van der Waals surface area contributed by atoms with Crippen LogP contribution < -0.4 is 10.6 Å². The van der Waals surface area contributed by atoms with Gasteiger partial charge in [0.1, 0.15) is 0 Å². The molecule has 4 nitrogen and oxygen atoms in total. The van der Waals surface area contributed by atoms with Crippen LogP contribution in [0.5, 0.6) is 0 Å². The van der Waals surface area contributed by atoms with E-state index in [0.717, 1.165) is 36.2 Å². The molecule has 2 N–H and O–H groups in total. The number of hydrogen-bond donors (Lipinski definition) is 2. The van der Waals surface area contributed by atoms with Crippen molar-refractivity contribution in [1.29, 1.82) is 0 Å². The molecule has 1 aliphatic rings. The number of nitrogens with zero attached hydrogens (tertiary/aromatic N) is 2. The van der Waals surface area contributed by atoms with Crippen LogP contribution in [0.2, 0.25) is 5.02 Å². The molecule has 0 saturated carbocycles. The quantitative estimate of drug-likeness (QED) is 0.394.